The molecule has 1 aliphatic heterocycles. The van der Waals surface area contributed by atoms with E-state index >= 15 is 0 Å². The molecule has 1 saturated heterocycles. The lowest BCUT2D eigenvalue weighted by molar-refractivity contribution is 0.228. The average Bonchev–Trinajstić information content (AvgIpc) is 2.19. The van der Waals surface area contributed by atoms with E-state index in [1.54, 1.807) is 7.05 Å². The van der Waals surface area contributed by atoms with E-state index in [0.717, 1.165) is 13.0 Å². The van der Waals surface area contributed by atoms with Crippen LogP contribution in [0.25, 0.3) is 0 Å². The molecule has 1 heterocycles. The molecule has 1 fully saturated rings. The third-order valence-corrected chi connectivity index (χ3v) is 2.36. The standard InChI is InChI=1S/C10H19N3/c1-11-10-12-6-5-9-13-7-3-2-4-8-13/h2-9H2,1H3. The summed E-state index contributed by atoms with van der Waals surface area (Å²) < 4.78 is 0. The molecule has 3 heteroatoms. The maximum atomic E-state index is 4.03. The van der Waals surface area contributed by atoms with Crippen LogP contribution in [0, 0.1) is 0 Å². The molecule has 0 radical (unpaired) electrons. The van der Waals surface area contributed by atoms with Crippen LogP contribution >= 0.6 is 0 Å². The van der Waals surface area contributed by atoms with Crippen LogP contribution in [0.1, 0.15) is 25.7 Å². The van der Waals surface area contributed by atoms with Crippen LogP contribution in [0.15, 0.2) is 9.98 Å². The van der Waals surface area contributed by atoms with Gasteiger partial charge in [0.2, 0.25) is 0 Å². The second kappa shape index (κ2) is 6.81. The van der Waals surface area contributed by atoms with E-state index in [9.17, 15) is 0 Å². The number of hydrogen-bond donors (Lipinski definition) is 0. The fraction of sp³-hybridized carbons (Fsp3) is 0.900. The van der Waals surface area contributed by atoms with Crippen LogP contribution in [-0.2, 0) is 0 Å². The fourth-order valence-corrected chi connectivity index (χ4v) is 1.68. The molecule has 0 atom stereocenters. The predicted molar refractivity (Wildman–Crippen MR) is 55.6 cm³/mol. The number of piperidine rings is 1. The second-order valence-corrected chi connectivity index (χ2v) is 3.46. The normalized spacial score (nSPS) is 17.9. The van der Waals surface area contributed by atoms with E-state index in [1.165, 1.54) is 38.9 Å². The van der Waals surface area contributed by atoms with E-state index in [1.807, 2.05) is 0 Å². The quantitative estimate of drug-likeness (QED) is 0.479. The van der Waals surface area contributed by atoms with E-state index in [-0.39, 0.29) is 0 Å². The van der Waals surface area contributed by atoms with Gasteiger partial charge in [-0.2, -0.15) is 0 Å². The Kier molecular flexibility index (Phi) is 5.46. The van der Waals surface area contributed by atoms with Crippen LogP contribution in [0.3, 0.4) is 0 Å². The van der Waals surface area contributed by atoms with Crippen molar-refractivity contribution >= 4 is 6.01 Å². The summed E-state index contributed by atoms with van der Waals surface area (Å²) in [6.45, 7) is 4.62. The predicted octanol–water partition coefficient (Wildman–Crippen LogP) is 1.67. The third-order valence-electron chi connectivity index (χ3n) is 2.36. The smallest absolute Gasteiger partial charge is 0.0889 e. The van der Waals surface area contributed by atoms with Gasteiger partial charge in [0.25, 0.3) is 0 Å². The summed E-state index contributed by atoms with van der Waals surface area (Å²) in [5.74, 6) is 0. The van der Waals surface area contributed by atoms with E-state index in [0.29, 0.717) is 0 Å². The second-order valence-electron chi connectivity index (χ2n) is 3.46. The van der Waals surface area contributed by atoms with Gasteiger partial charge in [-0.05, 0) is 38.9 Å². The summed E-state index contributed by atoms with van der Waals surface area (Å²) in [5, 5.41) is 0. The minimum absolute atomic E-state index is 0.869. The highest BCUT2D eigenvalue weighted by atomic mass is 15.1. The Hall–Kier alpha value is -0.660. The van der Waals surface area contributed by atoms with Gasteiger partial charge in [0, 0.05) is 7.05 Å². The van der Waals surface area contributed by atoms with Gasteiger partial charge >= 0.3 is 0 Å². The Morgan fingerprint density at radius 2 is 2.00 bits per heavy atom. The summed E-state index contributed by atoms with van der Waals surface area (Å²) in [6.07, 6.45) is 5.30. The summed E-state index contributed by atoms with van der Waals surface area (Å²) in [5.41, 5.74) is 0. The Bertz CT molecular complexity index is 177. The molecular weight excluding hydrogens is 162 g/mol. The number of aliphatic imine (C=N–C) groups is 2. The van der Waals surface area contributed by atoms with Gasteiger partial charge in [-0.1, -0.05) is 6.42 Å². The highest BCUT2D eigenvalue weighted by Gasteiger charge is 2.08. The van der Waals surface area contributed by atoms with Crippen LogP contribution in [0.4, 0.5) is 0 Å². The van der Waals surface area contributed by atoms with Gasteiger partial charge in [-0.15, -0.1) is 0 Å². The molecule has 0 N–H and O–H groups in total. The lowest BCUT2D eigenvalue weighted by Gasteiger charge is -2.25. The molecule has 13 heavy (non-hydrogen) atoms. The zero-order valence-corrected chi connectivity index (χ0v) is 8.50. The number of nitrogens with zero attached hydrogens (tertiary/aromatic N) is 3. The monoisotopic (exact) mass is 181 g/mol. The molecule has 0 saturated carbocycles. The van der Waals surface area contributed by atoms with Gasteiger partial charge in [-0.3, -0.25) is 0 Å². The summed E-state index contributed by atoms with van der Waals surface area (Å²) >= 11 is 0. The minimum Gasteiger partial charge on any atom is -0.303 e. The van der Waals surface area contributed by atoms with Crippen LogP contribution in [0.2, 0.25) is 0 Å². The maximum Gasteiger partial charge on any atom is 0.0889 e. The molecule has 1 rings (SSSR count). The van der Waals surface area contributed by atoms with Gasteiger partial charge in [0.15, 0.2) is 0 Å². The average molecular weight is 181 g/mol. The third kappa shape index (κ3) is 4.81. The maximum absolute atomic E-state index is 4.03. The highest BCUT2D eigenvalue weighted by molar-refractivity contribution is 5.40. The highest BCUT2D eigenvalue weighted by Crippen LogP contribution is 2.08. The van der Waals surface area contributed by atoms with Crippen LogP contribution in [-0.4, -0.2) is 44.1 Å². The van der Waals surface area contributed by atoms with Crippen molar-refractivity contribution in [1.29, 1.82) is 0 Å². The molecule has 0 amide bonds. The van der Waals surface area contributed by atoms with E-state index in [4.69, 9.17) is 0 Å². The SMILES string of the molecule is CN=C=NCCCN1CCCCC1. The molecule has 0 bridgehead atoms. The minimum atomic E-state index is 0.869. The fourth-order valence-electron chi connectivity index (χ4n) is 1.68. The largest absolute Gasteiger partial charge is 0.303 e. The van der Waals surface area contributed by atoms with Crippen molar-refractivity contribution in [2.24, 2.45) is 9.98 Å². The van der Waals surface area contributed by atoms with Crippen molar-refractivity contribution in [3.8, 4) is 0 Å². The van der Waals surface area contributed by atoms with Gasteiger partial charge in [0.05, 0.1) is 12.6 Å². The lowest BCUT2D eigenvalue weighted by Crippen LogP contribution is -2.30. The summed E-state index contributed by atoms with van der Waals surface area (Å²) in [4.78, 5) is 10.3. The zero-order chi connectivity index (χ0) is 9.36. The van der Waals surface area contributed by atoms with Gasteiger partial charge in [-0.25, -0.2) is 9.98 Å². The Morgan fingerprint density at radius 3 is 2.69 bits per heavy atom. The Balaban J connectivity index is 2.01. The molecule has 1 aliphatic rings. The first-order valence-corrected chi connectivity index (χ1v) is 5.16. The molecule has 0 aliphatic carbocycles. The lowest BCUT2D eigenvalue weighted by atomic mass is 10.1. The molecule has 0 aromatic rings. The van der Waals surface area contributed by atoms with Crippen LogP contribution in [0.5, 0.6) is 0 Å². The molecule has 0 aromatic heterocycles. The van der Waals surface area contributed by atoms with Crippen LogP contribution < -0.4 is 0 Å². The van der Waals surface area contributed by atoms with Crippen molar-refractivity contribution in [1.82, 2.24) is 4.90 Å². The molecule has 0 spiro atoms. The molecule has 3 nitrogen and oxygen atoms in total. The van der Waals surface area contributed by atoms with E-state index < -0.39 is 0 Å². The first-order valence-electron chi connectivity index (χ1n) is 5.16. The molecule has 74 valence electrons. The van der Waals surface area contributed by atoms with Crippen molar-refractivity contribution in [2.75, 3.05) is 33.2 Å². The number of hydrogen-bond acceptors (Lipinski definition) is 3. The number of rotatable bonds is 4. The first-order chi connectivity index (χ1) is 6.43. The molecule has 0 aromatic carbocycles. The Labute approximate surface area is 80.6 Å². The summed E-state index contributed by atoms with van der Waals surface area (Å²) in [6, 6.07) is 2.62. The van der Waals surface area contributed by atoms with Crippen molar-refractivity contribution in [3.63, 3.8) is 0 Å². The molecular formula is C10H19N3. The first kappa shape index (κ1) is 10.4. The number of likely N-dealkylation sites (tertiary alicyclic amines) is 1. The van der Waals surface area contributed by atoms with Gasteiger partial charge < -0.3 is 4.90 Å². The van der Waals surface area contributed by atoms with Gasteiger partial charge in [0.1, 0.15) is 0 Å². The Morgan fingerprint density at radius 1 is 1.23 bits per heavy atom. The van der Waals surface area contributed by atoms with E-state index in [2.05, 4.69) is 20.9 Å². The van der Waals surface area contributed by atoms with Crippen molar-refractivity contribution in [3.05, 3.63) is 0 Å². The topological polar surface area (TPSA) is 28.0 Å². The van der Waals surface area contributed by atoms with Crippen molar-refractivity contribution < 1.29 is 0 Å². The zero-order valence-electron chi connectivity index (χ0n) is 8.50. The summed E-state index contributed by atoms with van der Waals surface area (Å²) in [7, 11) is 1.70. The van der Waals surface area contributed by atoms with Crippen molar-refractivity contribution in [2.45, 2.75) is 25.7 Å². The molecule has 0 unspecified atom stereocenters.